The molecule has 0 radical (unpaired) electrons. The number of hydrogen-bond acceptors (Lipinski definition) is 2. The molecular formula is C30H27N2O+. The molecule has 0 aliphatic heterocycles. The number of hydrogen-bond donors (Lipinski definition) is 0. The van der Waals surface area contributed by atoms with Crippen LogP contribution in [0, 0.1) is 25.2 Å². The molecule has 0 saturated heterocycles. The summed E-state index contributed by atoms with van der Waals surface area (Å²) in [5.74, 6) is 0.327. The van der Waals surface area contributed by atoms with Gasteiger partial charge in [0.05, 0.1) is 24.0 Å². The largest absolute Gasteiger partial charge is 0.454 e. The first-order valence-corrected chi connectivity index (χ1v) is 10.9. The third kappa shape index (κ3) is 3.31. The summed E-state index contributed by atoms with van der Waals surface area (Å²) < 4.78 is 50.1. The Balaban J connectivity index is 1.99. The van der Waals surface area contributed by atoms with Crippen molar-refractivity contribution in [2.45, 2.75) is 33.6 Å². The second-order valence-electron chi connectivity index (χ2n) is 8.78. The van der Waals surface area contributed by atoms with Gasteiger partial charge in [-0.2, -0.15) is 5.26 Å². The summed E-state index contributed by atoms with van der Waals surface area (Å²) in [6.45, 7) is 8.28. The van der Waals surface area contributed by atoms with E-state index in [4.69, 9.17) is 11.3 Å². The second kappa shape index (κ2) is 7.90. The molecule has 5 aromatic rings. The molecule has 0 bridgehead atoms. The lowest BCUT2D eigenvalue weighted by Gasteiger charge is -2.10. The van der Waals surface area contributed by atoms with E-state index in [2.05, 4.69) is 38.1 Å². The molecule has 0 atom stereocenters. The number of aryl methyl sites for hydroxylation is 3. The number of furan rings is 1. The number of aromatic nitrogens is 1. The molecular weight excluding hydrogens is 404 g/mol. The van der Waals surface area contributed by atoms with Gasteiger partial charge in [0.1, 0.15) is 18.2 Å². The van der Waals surface area contributed by atoms with Crippen LogP contribution in [-0.4, -0.2) is 0 Å². The van der Waals surface area contributed by atoms with Crippen molar-refractivity contribution in [1.82, 2.24) is 0 Å². The fourth-order valence-electron chi connectivity index (χ4n) is 4.59. The molecule has 0 unspecified atom stereocenters. The van der Waals surface area contributed by atoms with Crippen molar-refractivity contribution in [2.75, 3.05) is 0 Å². The fraction of sp³-hybridized carbons (Fsp3) is 0.200. The van der Waals surface area contributed by atoms with Crippen LogP contribution in [0.15, 0.2) is 71.2 Å². The number of fused-ring (bicyclic) bond motifs is 3. The van der Waals surface area contributed by atoms with Crippen LogP contribution in [0.3, 0.4) is 0 Å². The maximum Gasteiger partial charge on any atom is 0.216 e. The van der Waals surface area contributed by atoms with E-state index in [1.165, 1.54) is 5.56 Å². The zero-order chi connectivity index (χ0) is 27.6. The topological polar surface area (TPSA) is 40.8 Å². The highest BCUT2D eigenvalue weighted by Crippen LogP contribution is 2.43. The van der Waals surface area contributed by atoms with E-state index in [-0.39, 0.29) is 17.6 Å². The summed E-state index contributed by atoms with van der Waals surface area (Å²) in [4.78, 5) is 0. The first kappa shape index (κ1) is 15.8. The van der Waals surface area contributed by atoms with E-state index in [1.54, 1.807) is 12.1 Å². The van der Waals surface area contributed by atoms with E-state index in [1.807, 2.05) is 31.7 Å². The van der Waals surface area contributed by atoms with Crippen LogP contribution in [0.4, 0.5) is 0 Å². The van der Waals surface area contributed by atoms with E-state index in [9.17, 15) is 5.26 Å². The smallest absolute Gasteiger partial charge is 0.216 e. The number of nitrogens with zero attached hydrogens (tertiary/aromatic N) is 2. The molecule has 0 spiro atoms. The zero-order valence-electron chi connectivity index (χ0n) is 24.3. The normalized spacial score (nSPS) is 13.5. The van der Waals surface area contributed by atoms with Crippen molar-refractivity contribution < 1.29 is 15.8 Å². The molecule has 0 aliphatic rings. The summed E-state index contributed by atoms with van der Waals surface area (Å²) in [7, 11) is 1.98. The van der Waals surface area contributed by atoms with Gasteiger partial charge in [-0.25, -0.2) is 4.57 Å². The molecule has 3 heteroatoms. The van der Waals surface area contributed by atoms with Gasteiger partial charge in [0, 0.05) is 28.5 Å². The second-order valence-corrected chi connectivity index (χ2v) is 8.78. The number of benzene rings is 3. The van der Waals surface area contributed by atoms with Crippen molar-refractivity contribution in [1.29, 1.82) is 5.26 Å². The van der Waals surface area contributed by atoms with Gasteiger partial charge in [0.15, 0.2) is 6.20 Å². The quantitative estimate of drug-likeness (QED) is 0.277. The van der Waals surface area contributed by atoms with E-state index >= 15 is 0 Å². The van der Waals surface area contributed by atoms with Crippen LogP contribution < -0.4 is 4.57 Å². The zero-order valence-corrected chi connectivity index (χ0v) is 19.3. The summed E-state index contributed by atoms with van der Waals surface area (Å²) >= 11 is 0. The van der Waals surface area contributed by atoms with Crippen LogP contribution in [0.25, 0.3) is 44.3 Å². The highest BCUT2D eigenvalue weighted by Gasteiger charge is 2.25. The first-order valence-electron chi connectivity index (χ1n) is 13.4. The average molecular weight is 437 g/mol. The van der Waals surface area contributed by atoms with Gasteiger partial charge < -0.3 is 4.42 Å². The minimum absolute atomic E-state index is 0.0489. The standard InChI is InChI=1S/C30H27N2O/c1-18(2)22-13-14-32(5)25(16-22)26-19(3)15-20(4)27-28-23(17-31)11-12-24(29(28)33-30(26)27)21-9-7-6-8-10-21/h6-16,18H,1-5H3/q+1/i6D,7D,8D,9D,10D. The predicted molar refractivity (Wildman–Crippen MR) is 134 cm³/mol. The van der Waals surface area contributed by atoms with Crippen molar-refractivity contribution in [2.24, 2.45) is 7.05 Å². The highest BCUT2D eigenvalue weighted by molar-refractivity contribution is 6.16. The van der Waals surface area contributed by atoms with Gasteiger partial charge in [-0.15, -0.1) is 0 Å². The van der Waals surface area contributed by atoms with E-state index < -0.39 is 18.1 Å². The minimum Gasteiger partial charge on any atom is -0.454 e. The number of nitriles is 1. The first-order chi connectivity index (χ1) is 18.0. The van der Waals surface area contributed by atoms with Crippen LogP contribution in [0.1, 0.15) is 48.9 Å². The van der Waals surface area contributed by atoms with Crippen LogP contribution >= 0.6 is 0 Å². The minimum atomic E-state index is -0.454. The van der Waals surface area contributed by atoms with Crippen LogP contribution in [0.2, 0.25) is 0 Å². The van der Waals surface area contributed by atoms with Gasteiger partial charge >= 0.3 is 0 Å². The average Bonchev–Trinajstić information content (AvgIpc) is 3.28. The predicted octanol–water partition coefficient (Wildman–Crippen LogP) is 7.36. The molecule has 3 aromatic carbocycles. The number of rotatable bonds is 3. The molecule has 162 valence electrons. The SMILES string of the molecule is [2H]c1c([2H])c([2H])c(-c2ccc(C#N)c3c2oc2c(-c4cc(C(C)C)cc[n+]4C)c(C)cc(C)c23)c([2H])c1[2H]. The van der Waals surface area contributed by atoms with Crippen molar-refractivity contribution >= 4 is 21.9 Å². The molecule has 0 fully saturated rings. The summed E-state index contributed by atoms with van der Waals surface area (Å²) in [6.07, 6.45) is 2.03. The number of pyridine rings is 1. The van der Waals surface area contributed by atoms with E-state index in [0.717, 1.165) is 27.8 Å². The Bertz CT molecular complexity index is 1820. The van der Waals surface area contributed by atoms with E-state index in [0.29, 0.717) is 33.6 Å². The Hall–Kier alpha value is -3.90. The van der Waals surface area contributed by atoms with Gasteiger partial charge in [-0.1, -0.05) is 50.1 Å². The molecule has 0 amide bonds. The van der Waals surface area contributed by atoms with Gasteiger partial charge in [0.2, 0.25) is 5.69 Å². The molecule has 0 saturated carbocycles. The summed E-state index contributed by atoms with van der Waals surface area (Å²) in [5.41, 5.74) is 6.70. The molecule has 0 N–H and O–H groups in total. The van der Waals surface area contributed by atoms with Gasteiger partial charge in [-0.3, -0.25) is 0 Å². The Labute approximate surface area is 201 Å². The fourth-order valence-corrected chi connectivity index (χ4v) is 4.59. The lowest BCUT2D eigenvalue weighted by molar-refractivity contribution is -0.660. The maximum absolute atomic E-state index is 10.0. The molecule has 5 rings (SSSR count). The molecule has 2 heterocycles. The third-order valence-electron chi connectivity index (χ3n) is 6.27. The lowest BCUT2D eigenvalue weighted by Crippen LogP contribution is -2.31. The third-order valence-corrected chi connectivity index (χ3v) is 6.27. The Kier molecular flexibility index (Phi) is 3.79. The van der Waals surface area contributed by atoms with Crippen molar-refractivity contribution in [3.8, 4) is 28.5 Å². The molecule has 2 aromatic heterocycles. The Morgan fingerprint density at radius 2 is 1.73 bits per heavy atom. The van der Waals surface area contributed by atoms with Gasteiger partial charge in [0.25, 0.3) is 0 Å². The monoisotopic (exact) mass is 436 g/mol. The van der Waals surface area contributed by atoms with Crippen molar-refractivity contribution in [3.05, 3.63) is 89.0 Å². The highest BCUT2D eigenvalue weighted by atomic mass is 16.3. The summed E-state index contributed by atoms with van der Waals surface area (Å²) in [6, 6.07) is 9.91. The maximum atomic E-state index is 10.0. The van der Waals surface area contributed by atoms with Crippen LogP contribution in [-0.2, 0) is 7.05 Å². The Morgan fingerprint density at radius 1 is 0.970 bits per heavy atom. The van der Waals surface area contributed by atoms with Crippen molar-refractivity contribution in [3.63, 3.8) is 0 Å². The van der Waals surface area contributed by atoms with Crippen LogP contribution in [0.5, 0.6) is 0 Å². The molecule has 0 aliphatic carbocycles. The molecule has 3 nitrogen and oxygen atoms in total. The lowest BCUT2D eigenvalue weighted by atomic mass is 9.93. The van der Waals surface area contributed by atoms with Gasteiger partial charge in [-0.05, 0) is 54.2 Å². The summed E-state index contributed by atoms with van der Waals surface area (Å²) in [5, 5.41) is 11.4. The molecule has 33 heavy (non-hydrogen) atoms. The Morgan fingerprint density at radius 3 is 2.42 bits per heavy atom.